The Hall–Kier alpha value is -2.87. The molecule has 0 saturated heterocycles. The maximum Gasteiger partial charge on any atom is 0.228 e. The summed E-state index contributed by atoms with van der Waals surface area (Å²) in [4.78, 5) is 17.5. The average molecular weight is 427 g/mol. The lowest BCUT2D eigenvalue weighted by Gasteiger charge is -2.20. The molecule has 3 aromatic rings. The van der Waals surface area contributed by atoms with Crippen LogP contribution in [-0.4, -0.2) is 34.9 Å². The van der Waals surface area contributed by atoms with E-state index < -0.39 is 0 Å². The third-order valence-corrected chi connectivity index (χ3v) is 6.23. The predicted octanol–water partition coefficient (Wildman–Crippen LogP) is 4.84. The molecule has 8 heteroatoms. The highest BCUT2D eigenvalue weighted by atomic mass is 32.1. The number of nitrogens with zero attached hydrogens (tertiary/aromatic N) is 3. The van der Waals surface area contributed by atoms with E-state index in [4.69, 9.17) is 14.5 Å². The predicted molar refractivity (Wildman–Crippen MR) is 118 cm³/mol. The van der Waals surface area contributed by atoms with Crippen LogP contribution in [0.25, 0.3) is 16.4 Å². The van der Waals surface area contributed by atoms with Crippen LogP contribution in [0.1, 0.15) is 37.8 Å². The number of nitrogens with one attached hydrogen (secondary N) is 1. The van der Waals surface area contributed by atoms with E-state index in [2.05, 4.69) is 10.4 Å². The third kappa shape index (κ3) is 4.18. The molecular weight excluding hydrogens is 400 g/mol. The Bertz CT molecular complexity index is 1040. The number of anilines is 1. The Morgan fingerprint density at radius 3 is 2.63 bits per heavy atom. The van der Waals surface area contributed by atoms with Crippen LogP contribution in [0.5, 0.6) is 11.5 Å². The summed E-state index contributed by atoms with van der Waals surface area (Å²) < 4.78 is 12.4. The van der Waals surface area contributed by atoms with Gasteiger partial charge in [0.2, 0.25) is 11.0 Å². The summed E-state index contributed by atoms with van der Waals surface area (Å²) in [6, 6.07) is 7.59. The molecule has 1 N–H and O–H groups in total. The zero-order chi connectivity index (χ0) is 21.1. The van der Waals surface area contributed by atoms with Crippen molar-refractivity contribution in [2.45, 2.75) is 39.0 Å². The van der Waals surface area contributed by atoms with Gasteiger partial charge in [-0.1, -0.05) is 19.3 Å². The van der Waals surface area contributed by atoms with Crippen LogP contribution >= 0.6 is 11.3 Å². The lowest BCUT2D eigenvalue weighted by molar-refractivity contribution is -0.120. The summed E-state index contributed by atoms with van der Waals surface area (Å²) in [5, 5.41) is 10.3. The van der Waals surface area contributed by atoms with Crippen molar-refractivity contribution in [1.29, 1.82) is 0 Å². The van der Waals surface area contributed by atoms with Gasteiger partial charge in [-0.15, -0.1) is 11.3 Å². The normalized spacial score (nSPS) is 14.5. The Labute approximate surface area is 180 Å². The molecule has 1 aliphatic rings. The van der Waals surface area contributed by atoms with Crippen molar-refractivity contribution < 1.29 is 14.3 Å². The zero-order valence-corrected chi connectivity index (χ0v) is 18.3. The van der Waals surface area contributed by atoms with Crippen LogP contribution in [0, 0.1) is 12.8 Å². The van der Waals surface area contributed by atoms with Crippen molar-refractivity contribution in [3.8, 4) is 27.9 Å². The molecule has 158 valence electrons. The molecule has 1 fully saturated rings. The Kier molecular flexibility index (Phi) is 6.03. The van der Waals surface area contributed by atoms with Crippen molar-refractivity contribution in [2.75, 3.05) is 19.5 Å². The molecule has 1 amide bonds. The van der Waals surface area contributed by atoms with E-state index in [-0.39, 0.29) is 11.8 Å². The maximum atomic E-state index is 12.7. The van der Waals surface area contributed by atoms with Crippen molar-refractivity contribution in [1.82, 2.24) is 14.8 Å². The molecule has 0 bridgehead atoms. The molecule has 4 rings (SSSR count). The van der Waals surface area contributed by atoms with Gasteiger partial charge in [0.25, 0.3) is 0 Å². The SMILES string of the molecule is COc1ccc(-c2csc(-n3nc(C)cc3NC(=O)C3CCCCC3)n2)cc1OC. The van der Waals surface area contributed by atoms with Gasteiger partial charge in [0.15, 0.2) is 11.5 Å². The second kappa shape index (κ2) is 8.87. The first-order valence-corrected chi connectivity index (χ1v) is 11.0. The van der Waals surface area contributed by atoms with Gasteiger partial charge >= 0.3 is 0 Å². The molecule has 7 nitrogen and oxygen atoms in total. The zero-order valence-electron chi connectivity index (χ0n) is 17.5. The molecule has 0 spiro atoms. The van der Waals surface area contributed by atoms with E-state index in [0.717, 1.165) is 42.6 Å². The smallest absolute Gasteiger partial charge is 0.228 e. The number of hydrogen-bond donors (Lipinski definition) is 1. The first kappa shape index (κ1) is 20.4. The quantitative estimate of drug-likeness (QED) is 0.610. The fraction of sp³-hybridized carbons (Fsp3) is 0.409. The Morgan fingerprint density at radius 1 is 1.13 bits per heavy atom. The van der Waals surface area contributed by atoms with E-state index in [1.807, 2.05) is 36.6 Å². The summed E-state index contributed by atoms with van der Waals surface area (Å²) in [7, 11) is 3.23. The van der Waals surface area contributed by atoms with Gasteiger partial charge < -0.3 is 14.8 Å². The van der Waals surface area contributed by atoms with Crippen LogP contribution in [0.15, 0.2) is 29.6 Å². The first-order valence-electron chi connectivity index (χ1n) is 10.1. The summed E-state index contributed by atoms with van der Waals surface area (Å²) in [6.45, 7) is 1.91. The molecule has 1 aromatic carbocycles. The van der Waals surface area contributed by atoms with E-state index in [9.17, 15) is 4.79 Å². The highest BCUT2D eigenvalue weighted by molar-refractivity contribution is 7.12. The molecule has 0 unspecified atom stereocenters. The van der Waals surface area contributed by atoms with Gasteiger partial charge in [-0.3, -0.25) is 4.79 Å². The lowest BCUT2D eigenvalue weighted by atomic mass is 9.89. The number of thiazole rings is 1. The standard InChI is InChI=1S/C22H26N4O3S/c1-14-11-20(24-21(27)15-7-5-4-6-8-15)26(25-14)22-23-17(13-30-22)16-9-10-18(28-2)19(12-16)29-3/h9-13,15H,4-8H2,1-3H3,(H,24,27). The molecule has 2 heterocycles. The number of hydrogen-bond acceptors (Lipinski definition) is 6. The summed E-state index contributed by atoms with van der Waals surface area (Å²) in [6.07, 6.45) is 5.38. The summed E-state index contributed by atoms with van der Waals surface area (Å²) in [5.74, 6) is 2.15. The average Bonchev–Trinajstić information content (AvgIpc) is 3.40. The number of aromatic nitrogens is 3. The monoisotopic (exact) mass is 426 g/mol. The number of amides is 1. The van der Waals surface area contributed by atoms with E-state index >= 15 is 0 Å². The summed E-state index contributed by atoms with van der Waals surface area (Å²) >= 11 is 1.48. The second-order valence-electron chi connectivity index (χ2n) is 7.49. The number of carbonyl (C=O) groups excluding carboxylic acids is 1. The molecule has 0 atom stereocenters. The summed E-state index contributed by atoms with van der Waals surface area (Å²) in [5.41, 5.74) is 2.57. The number of rotatable bonds is 6. The largest absolute Gasteiger partial charge is 0.493 e. The van der Waals surface area contributed by atoms with Crippen LogP contribution < -0.4 is 14.8 Å². The molecule has 30 heavy (non-hydrogen) atoms. The number of methoxy groups -OCH3 is 2. The van der Waals surface area contributed by atoms with Crippen LogP contribution in [0.4, 0.5) is 5.82 Å². The van der Waals surface area contributed by atoms with Crippen molar-refractivity contribution in [2.24, 2.45) is 5.92 Å². The molecule has 0 radical (unpaired) electrons. The highest BCUT2D eigenvalue weighted by Crippen LogP contribution is 2.34. The second-order valence-corrected chi connectivity index (χ2v) is 8.33. The number of carbonyl (C=O) groups is 1. The minimum atomic E-state index is 0.0764. The van der Waals surface area contributed by atoms with Gasteiger partial charge in [-0.2, -0.15) is 9.78 Å². The maximum absolute atomic E-state index is 12.7. The highest BCUT2D eigenvalue weighted by Gasteiger charge is 2.23. The van der Waals surface area contributed by atoms with Crippen LogP contribution in [-0.2, 0) is 4.79 Å². The third-order valence-electron chi connectivity index (χ3n) is 5.41. The minimum absolute atomic E-state index is 0.0764. The Morgan fingerprint density at radius 2 is 1.90 bits per heavy atom. The lowest BCUT2D eigenvalue weighted by Crippen LogP contribution is -2.25. The Balaban J connectivity index is 1.59. The van der Waals surface area contributed by atoms with Gasteiger partial charge in [0.05, 0.1) is 25.6 Å². The van der Waals surface area contributed by atoms with Crippen molar-refractivity contribution >= 4 is 23.1 Å². The number of benzene rings is 1. The fourth-order valence-corrected chi connectivity index (χ4v) is 4.61. The van der Waals surface area contributed by atoms with Gasteiger partial charge in [0, 0.05) is 22.9 Å². The van der Waals surface area contributed by atoms with E-state index in [0.29, 0.717) is 22.4 Å². The van der Waals surface area contributed by atoms with Gasteiger partial charge in [0.1, 0.15) is 5.82 Å². The number of ether oxygens (including phenoxy) is 2. The van der Waals surface area contributed by atoms with Crippen molar-refractivity contribution in [3.05, 3.63) is 35.3 Å². The molecule has 1 aliphatic carbocycles. The molecule has 0 aliphatic heterocycles. The van der Waals surface area contributed by atoms with E-state index in [1.165, 1.54) is 17.8 Å². The van der Waals surface area contributed by atoms with E-state index in [1.54, 1.807) is 18.9 Å². The molecule has 1 saturated carbocycles. The fourth-order valence-electron chi connectivity index (χ4n) is 3.82. The van der Waals surface area contributed by atoms with Gasteiger partial charge in [-0.05, 0) is 38.0 Å². The molecular formula is C22H26N4O3S. The van der Waals surface area contributed by atoms with Crippen LogP contribution in [0.3, 0.4) is 0 Å². The topological polar surface area (TPSA) is 78.3 Å². The van der Waals surface area contributed by atoms with Crippen LogP contribution in [0.2, 0.25) is 0 Å². The number of aryl methyl sites for hydroxylation is 1. The van der Waals surface area contributed by atoms with Gasteiger partial charge in [-0.25, -0.2) is 4.98 Å². The first-order chi connectivity index (χ1) is 14.6. The minimum Gasteiger partial charge on any atom is -0.493 e. The van der Waals surface area contributed by atoms with Crippen molar-refractivity contribution in [3.63, 3.8) is 0 Å². The molecule has 2 aromatic heterocycles.